The Morgan fingerprint density at radius 3 is 2.36 bits per heavy atom. The highest BCUT2D eigenvalue weighted by atomic mass is 35.5. The fourth-order valence-electron chi connectivity index (χ4n) is 2.84. The number of carbonyl (C=O) groups is 2. The van der Waals surface area contributed by atoms with Gasteiger partial charge in [0.15, 0.2) is 0 Å². The zero-order valence-corrected chi connectivity index (χ0v) is 18.5. The highest BCUT2D eigenvalue weighted by molar-refractivity contribution is 6.31. The molecule has 33 heavy (non-hydrogen) atoms. The number of hydrogen-bond donors (Lipinski definition) is 0. The molecule has 0 saturated carbocycles. The molecule has 0 N–H and O–H groups in total. The van der Waals surface area contributed by atoms with E-state index in [0.29, 0.717) is 5.56 Å². The molecule has 0 unspecified atom stereocenters. The predicted molar refractivity (Wildman–Crippen MR) is 105 cm³/mol. The zero-order chi connectivity index (χ0) is 25.2. The molecule has 0 aromatic heterocycles. The molecule has 1 aliphatic heterocycles. The first kappa shape index (κ1) is 26.0. The van der Waals surface area contributed by atoms with E-state index < -0.39 is 53.4 Å². The van der Waals surface area contributed by atoms with Crippen molar-refractivity contribution in [1.29, 1.82) is 0 Å². The second-order valence-electron chi connectivity index (χ2n) is 7.64. The summed E-state index contributed by atoms with van der Waals surface area (Å²) in [6.45, 7) is 3.70. The number of benzene rings is 1. The third-order valence-electron chi connectivity index (χ3n) is 4.32. The fourth-order valence-corrected chi connectivity index (χ4v) is 3.29. The van der Waals surface area contributed by atoms with Crippen LogP contribution in [-0.2, 0) is 29.3 Å². The molecule has 1 heterocycles. The molecular formula is C19H19ClF3NO9. The van der Waals surface area contributed by atoms with Crippen LogP contribution in [0.4, 0.5) is 18.0 Å². The minimum atomic E-state index is -5.48. The SMILES string of the molecule is COC(=O)C1=Cc2cc(Cl)c(C(C)(C)C)cc2O[C@]1(OC(=O)OCCO[N+](=O)[O-])C(F)(F)F. The third kappa shape index (κ3) is 5.59. The van der Waals surface area contributed by atoms with E-state index in [1.807, 2.05) is 0 Å². The molecule has 0 spiro atoms. The third-order valence-corrected chi connectivity index (χ3v) is 4.63. The van der Waals surface area contributed by atoms with Crippen LogP contribution in [0.2, 0.25) is 5.02 Å². The monoisotopic (exact) mass is 497 g/mol. The molecule has 0 bridgehead atoms. The Morgan fingerprint density at radius 2 is 1.85 bits per heavy atom. The van der Waals surface area contributed by atoms with Crippen LogP contribution >= 0.6 is 11.6 Å². The molecule has 1 aromatic carbocycles. The van der Waals surface area contributed by atoms with Crippen LogP contribution in [0, 0.1) is 10.1 Å². The predicted octanol–water partition coefficient (Wildman–Crippen LogP) is 4.21. The van der Waals surface area contributed by atoms with Gasteiger partial charge in [-0.25, -0.2) is 9.59 Å². The average Bonchev–Trinajstić information content (AvgIpc) is 2.68. The van der Waals surface area contributed by atoms with Gasteiger partial charge in [-0.05, 0) is 29.2 Å². The van der Waals surface area contributed by atoms with Gasteiger partial charge in [-0.1, -0.05) is 32.4 Å². The lowest BCUT2D eigenvalue weighted by Crippen LogP contribution is -2.58. The van der Waals surface area contributed by atoms with Gasteiger partial charge in [0, 0.05) is 10.6 Å². The summed E-state index contributed by atoms with van der Waals surface area (Å²) in [6, 6.07) is 2.54. The molecule has 1 atom stereocenters. The smallest absolute Gasteiger partial charge is 0.465 e. The summed E-state index contributed by atoms with van der Waals surface area (Å²) in [5.41, 5.74) is -1.37. The van der Waals surface area contributed by atoms with Crippen molar-refractivity contribution < 1.29 is 51.6 Å². The van der Waals surface area contributed by atoms with Gasteiger partial charge in [-0.3, -0.25) is 0 Å². The average molecular weight is 498 g/mol. The number of esters is 1. The van der Waals surface area contributed by atoms with Crippen molar-refractivity contribution in [3.63, 3.8) is 0 Å². The lowest BCUT2D eigenvalue weighted by atomic mass is 9.85. The standard InChI is InChI=1S/C19H19ClF3NO9/c1-17(2,3)11-9-14-10(8-13(11)20)7-12(15(25)29-4)18(32-14,19(21,22)23)33-16(26)30-5-6-31-24(27)28/h7-9H,5-6H2,1-4H3/t18-/m1/s1. The van der Waals surface area contributed by atoms with E-state index in [-0.39, 0.29) is 16.3 Å². The molecule has 0 amide bonds. The van der Waals surface area contributed by atoms with Crippen LogP contribution in [0.3, 0.4) is 0 Å². The highest BCUT2D eigenvalue weighted by Gasteiger charge is 2.68. The molecule has 0 aliphatic carbocycles. The van der Waals surface area contributed by atoms with E-state index in [9.17, 15) is 32.9 Å². The van der Waals surface area contributed by atoms with Crippen LogP contribution in [-0.4, -0.2) is 49.5 Å². The number of fused-ring (bicyclic) bond motifs is 1. The van der Waals surface area contributed by atoms with Gasteiger partial charge >= 0.3 is 24.1 Å². The van der Waals surface area contributed by atoms with Gasteiger partial charge in [-0.2, -0.15) is 13.2 Å². The van der Waals surface area contributed by atoms with Crippen molar-refractivity contribution >= 4 is 29.8 Å². The molecular weight excluding hydrogens is 479 g/mol. The zero-order valence-electron chi connectivity index (χ0n) is 17.8. The quantitative estimate of drug-likeness (QED) is 0.246. The first-order chi connectivity index (χ1) is 15.1. The first-order valence-corrected chi connectivity index (χ1v) is 9.53. The second-order valence-corrected chi connectivity index (χ2v) is 8.05. The summed E-state index contributed by atoms with van der Waals surface area (Å²) in [4.78, 5) is 38.2. The van der Waals surface area contributed by atoms with Crippen LogP contribution in [0.1, 0.15) is 31.9 Å². The van der Waals surface area contributed by atoms with E-state index in [4.69, 9.17) is 16.3 Å². The van der Waals surface area contributed by atoms with Crippen molar-refractivity contribution in [3.05, 3.63) is 44.0 Å². The number of rotatable bonds is 6. The van der Waals surface area contributed by atoms with Gasteiger partial charge in [0.05, 0.1) is 7.11 Å². The number of alkyl halides is 3. The minimum absolute atomic E-state index is 0.00428. The van der Waals surface area contributed by atoms with Crippen LogP contribution < -0.4 is 4.74 Å². The van der Waals surface area contributed by atoms with Crippen LogP contribution in [0.5, 0.6) is 5.75 Å². The summed E-state index contributed by atoms with van der Waals surface area (Å²) in [5.74, 6) is -5.81. The Balaban J connectivity index is 2.55. The molecule has 14 heteroatoms. The molecule has 10 nitrogen and oxygen atoms in total. The molecule has 0 radical (unpaired) electrons. The summed E-state index contributed by atoms with van der Waals surface area (Å²) >= 11 is 6.26. The summed E-state index contributed by atoms with van der Waals surface area (Å²) in [7, 11) is 0.822. The Labute approximate surface area is 190 Å². The maximum absolute atomic E-state index is 14.3. The largest absolute Gasteiger partial charge is 0.512 e. The summed E-state index contributed by atoms with van der Waals surface area (Å²) in [6.07, 6.45) is -6.63. The van der Waals surface area contributed by atoms with E-state index in [1.54, 1.807) is 20.8 Å². The maximum Gasteiger partial charge on any atom is 0.512 e. The van der Waals surface area contributed by atoms with E-state index in [2.05, 4.69) is 19.0 Å². The minimum Gasteiger partial charge on any atom is -0.465 e. The number of nitrogens with zero attached hydrogens (tertiary/aromatic N) is 1. The number of carbonyl (C=O) groups excluding carboxylic acids is 2. The van der Waals surface area contributed by atoms with Crippen LogP contribution in [0.25, 0.3) is 6.08 Å². The highest BCUT2D eigenvalue weighted by Crippen LogP contribution is 2.48. The van der Waals surface area contributed by atoms with Gasteiger partial charge in [0.25, 0.3) is 5.09 Å². The van der Waals surface area contributed by atoms with Gasteiger partial charge in [-0.15, -0.1) is 10.1 Å². The summed E-state index contributed by atoms with van der Waals surface area (Å²) < 4.78 is 61.2. The molecule has 2 rings (SSSR count). The Bertz CT molecular complexity index is 988. The van der Waals surface area contributed by atoms with E-state index in [0.717, 1.165) is 13.2 Å². The molecule has 0 saturated heterocycles. The fraction of sp³-hybridized carbons (Fsp3) is 0.474. The molecule has 1 aromatic rings. The number of halogens is 4. The maximum atomic E-state index is 14.3. The Kier molecular flexibility index (Phi) is 7.36. The van der Waals surface area contributed by atoms with Crippen LogP contribution in [0.15, 0.2) is 17.7 Å². The Morgan fingerprint density at radius 1 is 1.21 bits per heavy atom. The summed E-state index contributed by atoms with van der Waals surface area (Å²) in [5, 5.41) is 9.12. The molecule has 1 aliphatic rings. The van der Waals surface area contributed by atoms with E-state index in [1.165, 1.54) is 12.1 Å². The molecule has 0 fully saturated rings. The van der Waals surface area contributed by atoms with E-state index >= 15 is 0 Å². The van der Waals surface area contributed by atoms with Gasteiger partial charge < -0.3 is 23.8 Å². The second kappa shape index (κ2) is 9.33. The van der Waals surface area contributed by atoms with Gasteiger partial charge in [0.1, 0.15) is 24.5 Å². The van der Waals surface area contributed by atoms with Crippen molar-refractivity contribution in [2.75, 3.05) is 20.3 Å². The number of hydrogen-bond acceptors (Lipinski definition) is 9. The van der Waals surface area contributed by atoms with Crippen molar-refractivity contribution in [2.45, 2.75) is 38.1 Å². The number of ether oxygens (including phenoxy) is 4. The van der Waals surface area contributed by atoms with Gasteiger partial charge in [0.2, 0.25) is 0 Å². The Hall–Kier alpha value is -3.22. The first-order valence-electron chi connectivity index (χ1n) is 9.15. The topological polar surface area (TPSA) is 123 Å². The molecule has 182 valence electrons. The normalized spacial score (nSPS) is 17.8. The van der Waals surface area contributed by atoms with Crippen molar-refractivity contribution in [3.8, 4) is 5.75 Å². The van der Waals surface area contributed by atoms with Crippen molar-refractivity contribution in [1.82, 2.24) is 0 Å². The van der Waals surface area contributed by atoms with Crippen molar-refractivity contribution in [2.24, 2.45) is 0 Å². The lowest BCUT2D eigenvalue weighted by Gasteiger charge is -2.38. The number of methoxy groups -OCH3 is 1. The lowest BCUT2D eigenvalue weighted by molar-refractivity contribution is -0.757.